The van der Waals surface area contributed by atoms with Crippen LogP contribution in [0.4, 0.5) is 15.8 Å². The minimum Gasteiger partial charge on any atom is -0.479 e. The first-order chi connectivity index (χ1) is 15.0. The van der Waals surface area contributed by atoms with Crippen molar-refractivity contribution in [3.8, 4) is 17.2 Å². The summed E-state index contributed by atoms with van der Waals surface area (Å²) in [6.45, 7) is 1.90. The second kappa shape index (κ2) is 8.87. The molecule has 1 aliphatic rings. The Morgan fingerprint density at radius 1 is 1.10 bits per heavy atom. The van der Waals surface area contributed by atoms with Crippen LogP contribution in [0.15, 0.2) is 72.8 Å². The lowest BCUT2D eigenvalue weighted by molar-refractivity contribution is -0.125. The highest BCUT2D eigenvalue weighted by Gasteiger charge is 2.31. The monoisotopic (exact) mass is 420 g/mol. The largest absolute Gasteiger partial charge is 0.479 e. The number of para-hydroxylation sites is 4. The van der Waals surface area contributed by atoms with Crippen molar-refractivity contribution in [3.05, 3.63) is 78.6 Å². The molecule has 0 saturated carbocycles. The molecule has 2 amide bonds. The zero-order chi connectivity index (χ0) is 21.8. The van der Waals surface area contributed by atoms with Gasteiger partial charge in [-0.05, 0) is 43.3 Å². The Bertz CT molecular complexity index is 1120. The van der Waals surface area contributed by atoms with Crippen molar-refractivity contribution in [2.24, 2.45) is 0 Å². The van der Waals surface area contributed by atoms with Crippen LogP contribution in [0.25, 0.3) is 0 Å². The van der Waals surface area contributed by atoms with E-state index in [9.17, 15) is 14.0 Å². The van der Waals surface area contributed by atoms with E-state index in [1.165, 1.54) is 12.1 Å². The zero-order valence-electron chi connectivity index (χ0n) is 16.9. The van der Waals surface area contributed by atoms with Gasteiger partial charge in [0.25, 0.3) is 5.91 Å². The molecule has 0 spiro atoms. The lowest BCUT2D eigenvalue weighted by Crippen LogP contribution is -2.45. The summed E-state index contributed by atoms with van der Waals surface area (Å²) in [6, 6.07) is 19.9. The number of halogens is 1. The van der Waals surface area contributed by atoms with Crippen molar-refractivity contribution >= 4 is 23.2 Å². The van der Waals surface area contributed by atoms with Gasteiger partial charge in [-0.1, -0.05) is 30.3 Å². The summed E-state index contributed by atoms with van der Waals surface area (Å²) >= 11 is 0. The molecule has 0 aliphatic carbocycles. The lowest BCUT2D eigenvalue weighted by atomic mass is 10.1. The van der Waals surface area contributed by atoms with Gasteiger partial charge >= 0.3 is 0 Å². The van der Waals surface area contributed by atoms with E-state index in [-0.39, 0.29) is 24.8 Å². The fraction of sp³-hybridized carbons (Fsp3) is 0.167. The van der Waals surface area contributed by atoms with Gasteiger partial charge in [0.1, 0.15) is 17.3 Å². The van der Waals surface area contributed by atoms with Crippen molar-refractivity contribution < 1.29 is 23.5 Å². The number of anilines is 2. The Morgan fingerprint density at radius 3 is 2.71 bits per heavy atom. The predicted octanol–water partition coefficient (Wildman–Crippen LogP) is 4.76. The Hall–Kier alpha value is -3.87. The molecule has 3 aromatic carbocycles. The van der Waals surface area contributed by atoms with Crippen LogP contribution in [-0.4, -0.2) is 24.5 Å². The summed E-state index contributed by atoms with van der Waals surface area (Å²) in [7, 11) is 0. The Kier molecular flexibility index (Phi) is 5.84. The number of hydrogen-bond donors (Lipinski definition) is 1. The van der Waals surface area contributed by atoms with Gasteiger partial charge in [0.15, 0.2) is 11.9 Å². The standard InChI is InChI=1S/C24H21FN2O4/c1-16-24(29)27(20-10-3-5-12-22(20)30-16)14-13-23(28)26-19-9-2-4-11-21(19)31-18-8-6-7-17(25)15-18/h2-12,15-16H,13-14H2,1H3,(H,26,28). The summed E-state index contributed by atoms with van der Waals surface area (Å²) in [5.41, 5.74) is 1.10. The highest BCUT2D eigenvalue weighted by Crippen LogP contribution is 2.34. The van der Waals surface area contributed by atoms with Crippen LogP contribution >= 0.6 is 0 Å². The first-order valence-electron chi connectivity index (χ1n) is 9.90. The number of fused-ring (bicyclic) bond motifs is 1. The molecule has 6 nitrogen and oxygen atoms in total. The Balaban J connectivity index is 1.44. The van der Waals surface area contributed by atoms with Crippen molar-refractivity contribution in [3.63, 3.8) is 0 Å². The number of rotatable bonds is 6. The minimum absolute atomic E-state index is 0.0844. The van der Waals surface area contributed by atoms with E-state index < -0.39 is 11.9 Å². The minimum atomic E-state index is -0.613. The molecule has 1 heterocycles. The number of hydrogen-bond acceptors (Lipinski definition) is 4. The van der Waals surface area contributed by atoms with Gasteiger partial charge < -0.3 is 19.7 Å². The summed E-state index contributed by atoms with van der Waals surface area (Å²) in [6.07, 6.45) is -0.528. The Labute approximate surface area is 179 Å². The first-order valence-corrected chi connectivity index (χ1v) is 9.90. The van der Waals surface area contributed by atoms with E-state index in [0.29, 0.717) is 28.6 Å². The molecular weight excluding hydrogens is 399 g/mol. The van der Waals surface area contributed by atoms with Crippen LogP contribution in [-0.2, 0) is 9.59 Å². The van der Waals surface area contributed by atoms with Crippen molar-refractivity contribution in [1.29, 1.82) is 0 Å². The zero-order valence-corrected chi connectivity index (χ0v) is 16.9. The maximum Gasteiger partial charge on any atom is 0.267 e. The van der Waals surface area contributed by atoms with Crippen LogP contribution < -0.4 is 19.7 Å². The molecule has 1 unspecified atom stereocenters. The highest BCUT2D eigenvalue weighted by molar-refractivity contribution is 6.01. The second-order valence-corrected chi connectivity index (χ2v) is 7.07. The van der Waals surface area contributed by atoms with Gasteiger partial charge in [-0.3, -0.25) is 9.59 Å². The maximum atomic E-state index is 13.4. The Morgan fingerprint density at radius 2 is 1.87 bits per heavy atom. The number of carbonyl (C=O) groups is 2. The normalized spacial score (nSPS) is 15.1. The highest BCUT2D eigenvalue weighted by atomic mass is 19.1. The van der Waals surface area contributed by atoms with Crippen LogP contribution in [0, 0.1) is 5.82 Å². The number of carbonyl (C=O) groups excluding carboxylic acids is 2. The van der Waals surface area contributed by atoms with Gasteiger partial charge in [0, 0.05) is 19.0 Å². The molecular formula is C24H21FN2O4. The van der Waals surface area contributed by atoms with Crippen molar-refractivity contribution in [1.82, 2.24) is 0 Å². The second-order valence-electron chi connectivity index (χ2n) is 7.07. The van der Waals surface area contributed by atoms with Gasteiger partial charge in [0.2, 0.25) is 5.91 Å². The number of benzene rings is 3. The van der Waals surface area contributed by atoms with Gasteiger partial charge in [-0.15, -0.1) is 0 Å². The van der Waals surface area contributed by atoms with Crippen LogP contribution in [0.3, 0.4) is 0 Å². The van der Waals surface area contributed by atoms with E-state index >= 15 is 0 Å². The molecule has 1 atom stereocenters. The maximum absolute atomic E-state index is 13.4. The van der Waals surface area contributed by atoms with Crippen LogP contribution in [0.5, 0.6) is 17.2 Å². The van der Waals surface area contributed by atoms with Crippen molar-refractivity contribution in [2.75, 3.05) is 16.8 Å². The lowest BCUT2D eigenvalue weighted by Gasteiger charge is -2.32. The molecule has 0 radical (unpaired) electrons. The van der Waals surface area contributed by atoms with E-state index in [4.69, 9.17) is 9.47 Å². The number of ether oxygens (including phenoxy) is 2. The van der Waals surface area contributed by atoms with E-state index in [1.807, 2.05) is 12.1 Å². The average molecular weight is 420 g/mol. The molecule has 0 saturated heterocycles. The smallest absolute Gasteiger partial charge is 0.267 e. The molecule has 0 aromatic heterocycles. The summed E-state index contributed by atoms with van der Waals surface area (Å²) < 4.78 is 24.8. The van der Waals surface area contributed by atoms with Crippen LogP contribution in [0.1, 0.15) is 13.3 Å². The molecule has 0 bridgehead atoms. The van der Waals surface area contributed by atoms with Gasteiger partial charge in [-0.2, -0.15) is 0 Å². The first kappa shape index (κ1) is 20.4. The molecule has 31 heavy (non-hydrogen) atoms. The average Bonchev–Trinajstić information content (AvgIpc) is 2.75. The van der Waals surface area contributed by atoms with E-state index in [0.717, 1.165) is 0 Å². The molecule has 0 fully saturated rings. The predicted molar refractivity (Wildman–Crippen MR) is 115 cm³/mol. The number of amides is 2. The third-order valence-electron chi connectivity index (χ3n) is 4.82. The quantitative estimate of drug-likeness (QED) is 0.624. The summed E-state index contributed by atoms with van der Waals surface area (Å²) in [5, 5.41) is 2.81. The number of nitrogens with one attached hydrogen (secondary N) is 1. The summed E-state index contributed by atoms with van der Waals surface area (Å²) in [4.78, 5) is 26.7. The van der Waals surface area contributed by atoms with E-state index in [2.05, 4.69) is 5.32 Å². The van der Waals surface area contributed by atoms with Gasteiger partial charge in [0.05, 0.1) is 11.4 Å². The third kappa shape index (κ3) is 4.66. The SMILES string of the molecule is CC1Oc2ccccc2N(CCC(=O)Nc2ccccc2Oc2cccc(F)c2)C1=O. The molecule has 1 aliphatic heterocycles. The fourth-order valence-electron chi connectivity index (χ4n) is 3.33. The van der Waals surface area contributed by atoms with Crippen LogP contribution in [0.2, 0.25) is 0 Å². The molecule has 7 heteroatoms. The topological polar surface area (TPSA) is 67.9 Å². The molecule has 3 aromatic rings. The fourth-order valence-corrected chi connectivity index (χ4v) is 3.33. The van der Waals surface area contributed by atoms with Crippen molar-refractivity contribution in [2.45, 2.75) is 19.4 Å². The summed E-state index contributed by atoms with van der Waals surface area (Å²) in [5.74, 6) is 0.447. The third-order valence-corrected chi connectivity index (χ3v) is 4.82. The molecule has 1 N–H and O–H groups in total. The number of nitrogens with zero attached hydrogens (tertiary/aromatic N) is 1. The molecule has 4 rings (SSSR count). The molecule has 158 valence electrons. The van der Waals surface area contributed by atoms with E-state index in [1.54, 1.807) is 60.4 Å². The van der Waals surface area contributed by atoms with Gasteiger partial charge in [-0.25, -0.2) is 4.39 Å².